The predicted octanol–water partition coefficient (Wildman–Crippen LogP) is 3.46. The highest BCUT2D eigenvalue weighted by molar-refractivity contribution is 5.93. The van der Waals surface area contributed by atoms with Crippen molar-refractivity contribution in [2.75, 3.05) is 43.1 Å². The van der Waals surface area contributed by atoms with Crippen LogP contribution in [0.25, 0.3) is 0 Å². The summed E-state index contributed by atoms with van der Waals surface area (Å²) in [6, 6.07) is 10.2. The average molecular weight is 396 g/mol. The number of nitrogens with one attached hydrogen (secondary N) is 1. The van der Waals surface area contributed by atoms with Gasteiger partial charge in [-0.15, -0.1) is 0 Å². The summed E-state index contributed by atoms with van der Waals surface area (Å²) in [5, 5.41) is 3.39. The summed E-state index contributed by atoms with van der Waals surface area (Å²) < 4.78 is 5.47. The van der Waals surface area contributed by atoms with Gasteiger partial charge in [0.2, 0.25) is 0 Å². The van der Waals surface area contributed by atoms with Crippen LogP contribution in [0.4, 0.5) is 17.2 Å². The molecular weight excluding hydrogens is 366 g/mol. The van der Waals surface area contributed by atoms with E-state index in [9.17, 15) is 4.79 Å². The van der Waals surface area contributed by atoms with Crippen molar-refractivity contribution in [3.05, 3.63) is 42.4 Å². The minimum atomic E-state index is 0.00321. The van der Waals surface area contributed by atoms with E-state index in [1.54, 1.807) is 6.07 Å². The molecule has 154 valence electrons. The van der Waals surface area contributed by atoms with Gasteiger partial charge in [-0.05, 0) is 37.8 Å². The molecule has 1 N–H and O–H groups in total. The van der Waals surface area contributed by atoms with E-state index in [-0.39, 0.29) is 5.91 Å². The third-order valence-corrected chi connectivity index (χ3v) is 5.76. The Morgan fingerprint density at radius 2 is 2.00 bits per heavy atom. The van der Waals surface area contributed by atoms with Gasteiger partial charge in [0, 0.05) is 31.7 Å². The molecule has 29 heavy (non-hydrogen) atoms. The Kier molecular flexibility index (Phi) is 6.24. The molecule has 1 aromatic carbocycles. The third kappa shape index (κ3) is 4.50. The molecule has 0 spiro atoms. The molecule has 2 aromatic rings. The van der Waals surface area contributed by atoms with Gasteiger partial charge in [0.25, 0.3) is 5.91 Å². The van der Waals surface area contributed by atoms with Gasteiger partial charge in [-0.3, -0.25) is 4.79 Å². The molecular formula is C22H29N5O2. The average Bonchev–Trinajstić information content (AvgIpc) is 2.79. The van der Waals surface area contributed by atoms with Crippen LogP contribution in [0.15, 0.2) is 36.7 Å². The fourth-order valence-electron chi connectivity index (χ4n) is 4.18. The number of para-hydroxylation sites is 2. The van der Waals surface area contributed by atoms with E-state index in [1.807, 2.05) is 23.1 Å². The number of carbonyl (C=O) groups excluding carboxylic acids is 1. The molecule has 2 saturated heterocycles. The first-order valence-corrected chi connectivity index (χ1v) is 10.6. The fraction of sp³-hybridized carbons (Fsp3) is 0.500. The minimum Gasteiger partial charge on any atom is -0.378 e. The van der Waals surface area contributed by atoms with E-state index in [0.717, 1.165) is 63.5 Å². The third-order valence-electron chi connectivity index (χ3n) is 5.76. The van der Waals surface area contributed by atoms with Crippen LogP contribution in [0.3, 0.4) is 0 Å². The van der Waals surface area contributed by atoms with Gasteiger partial charge in [0.05, 0.1) is 24.6 Å². The second kappa shape index (κ2) is 9.22. The van der Waals surface area contributed by atoms with Gasteiger partial charge < -0.3 is 19.9 Å². The molecule has 2 aliphatic rings. The van der Waals surface area contributed by atoms with Crippen LogP contribution in [0.2, 0.25) is 0 Å². The molecule has 4 rings (SSSR count). The summed E-state index contributed by atoms with van der Waals surface area (Å²) in [4.78, 5) is 26.0. The second-order valence-electron chi connectivity index (χ2n) is 7.59. The number of amides is 1. The van der Waals surface area contributed by atoms with Crippen molar-refractivity contribution in [1.29, 1.82) is 0 Å². The molecule has 1 atom stereocenters. The van der Waals surface area contributed by atoms with Crippen LogP contribution in [-0.2, 0) is 4.74 Å². The fourth-order valence-corrected chi connectivity index (χ4v) is 4.18. The number of hydrogen-bond donors (Lipinski definition) is 1. The minimum absolute atomic E-state index is 0.00321. The highest BCUT2D eigenvalue weighted by Gasteiger charge is 2.27. The van der Waals surface area contributed by atoms with Crippen LogP contribution in [-0.4, -0.2) is 59.7 Å². The smallest absolute Gasteiger partial charge is 0.272 e. The first-order valence-electron chi connectivity index (χ1n) is 10.6. The molecule has 2 aliphatic heterocycles. The number of nitrogens with zero attached hydrogens (tertiary/aromatic N) is 4. The zero-order chi connectivity index (χ0) is 20.1. The van der Waals surface area contributed by atoms with Gasteiger partial charge in [-0.1, -0.05) is 19.1 Å². The first kappa shape index (κ1) is 19.6. The van der Waals surface area contributed by atoms with Crippen molar-refractivity contribution < 1.29 is 9.53 Å². The molecule has 0 radical (unpaired) electrons. The topological polar surface area (TPSA) is 70.6 Å². The number of piperidine rings is 1. The Bertz CT molecular complexity index is 837. The molecule has 0 saturated carbocycles. The molecule has 1 aromatic heterocycles. The normalized spacial score (nSPS) is 19.8. The van der Waals surface area contributed by atoms with E-state index in [0.29, 0.717) is 17.6 Å². The van der Waals surface area contributed by atoms with Crippen LogP contribution >= 0.6 is 0 Å². The SMILES string of the molecule is CCC1CCCCN1C(=O)c1cc(Nc2ccccc2N2CCOCC2)ncn1. The van der Waals surface area contributed by atoms with Gasteiger partial charge in [0.15, 0.2) is 0 Å². The number of ether oxygens (including phenoxy) is 1. The lowest BCUT2D eigenvalue weighted by molar-refractivity contribution is 0.0602. The number of benzene rings is 1. The number of carbonyl (C=O) groups is 1. The molecule has 0 bridgehead atoms. The maximum Gasteiger partial charge on any atom is 0.272 e. The summed E-state index contributed by atoms with van der Waals surface area (Å²) >= 11 is 0. The number of aromatic nitrogens is 2. The highest BCUT2D eigenvalue weighted by Crippen LogP contribution is 2.29. The molecule has 2 fully saturated rings. The lowest BCUT2D eigenvalue weighted by atomic mass is 9.99. The van der Waals surface area contributed by atoms with E-state index in [1.165, 1.54) is 12.7 Å². The largest absolute Gasteiger partial charge is 0.378 e. The van der Waals surface area contributed by atoms with Crippen molar-refractivity contribution >= 4 is 23.1 Å². The summed E-state index contributed by atoms with van der Waals surface area (Å²) in [5.41, 5.74) is 2.53. The first-order chi connectivity index (χ1) is 14.3. The van der Waals surface area contributed by atoms with Gasteiger partial charge in [-0.2, -0.15) is 0 Å². The van der Waals surface area contributed by atoms with E-state index in [4.69, 9.17) is 4.74 Å². The van der Waals surface area contributed by atoms with Crippen LogP contribution in [0, 0.1) is 0 Å². The van der Waals surface area contributed by atoms with E-state index in [2.05, 4.69) is 33.2 Å². The highest BCUT2D eigenvalue weighted by atomic mass is 16.5. The Hall–Kier alpha value is -2.67. The zero-order valence-corrected chi connectivity index (χ0v) is 17.0. The van der Waals surface area contributed by atoms with Gasteiger partial charge in [0.1, 0.15) is 17.8 Å². The number of rotatable bonds is 5. The van der Waals surface area contributed by atoms with Crippen molar-refractivity contribution in [2.24, 2.45) is 0 Å². The van der Waals surface area contributed by atoms with Crippen molar-refractivity contribution in [3.8, 4) is 0 Å². The van der Waals surface area contributed by atoms with Gasteiger partial charge in [-0.25, -0.2) is 9.97 Å². The Balaban J connectivity index is 1.53. The summed E-state index contributed by atoms with van der Waals surface area (Å²) in [6.07, 6.45) is 5.78. The number of likely N-dealkylation sites (tertiary alicyclic amines) is 1. The van der Waals surface area contributed by atoms with Crippen molar-refractivity contribution in [2.45, 2.75) is 38.6 Å². The lowest BCUT2D eigenvalue weighted by Gasteiger charge is -2.35. The molecule has 0 aliphatic carbocycles. The molecule has 7 heteroatoms. The number of morpholine rings is 1. The maximum atomic E-state index is 13.1. The van der Waals surface area contributed by atoms with Crippen LogP contribution in [0.5, 0.6) is 0 Å². The molecule has 7 nitrogen and oxygen atoms in total. The van der Waals surface area contributed by atoms with Gasteiger partial charge >= 0.3 is 0 Å². The maximum absolute atomic E-state index is 13.1. The Morgan fingerprint density at radius 1 is 1.17 bits per heavy atom. The molecule has 3 heterocycles. The number of hydrogen-bond acceptors (Lipinski definition) is 6. The lowest BCUT2D eigenvalue weighted by Crippen LogP contribution is -2.43. The quantitative estimate of drug-likeness (QED) is 0.836. The van der Waals surface area contributed by atoms with Crippen LogP contribution < -0.4 is 10.2 Å². The zero-order valence-electron chi connectivity index (χ0n) is 17.0. The van der Waals surface area contributed by atoms with Crippen molar-refractivity contribution in [3.63, 3.8) is 0 Å². The predicted molar refractivity (Wildman–Crippen MR) is 114 cm³/mol. The van der Waals surface area contributed by atoms with Crippen molar-refractivity contribution in [1.82, 2.24) is 14.9 Å². The number of anilines is 3. The summed E-state index contributed by atoms with van der Waals surface area (Å²) in [5.74, 6) is 0.637. The summed E-state index contributed by atoms with van der Waals surface area (Å²) in [7, 11) is 0. The second-order valence-corrected chi connectivity index (χ2v) is 7.59. The van der Waals surface area contributed by atoms with Crippen LogP contribution in [0.1, 0.15) is 43.1 Å². The Morgan fingerprint density at radius 3 is 2.83 bits per heavy atom. The summed E-state index contributed by atoms with van der Waals surface area (Å²) in [6.45, 7) is 6.14. The van der Waals surface area contributed by atoms with E-state index < -0.39 is 0 Å². The Labute approximate surface area is 172 Å². The molecule has 1 unspecified atom stereocenters. The molecule has 1 amide bonds. The monoisotopic (exact) mass is 395 g/mol. The van der Waals surface area contributed by atoms with E-state index >= 15 is 0 Å². The standard InChI is InChI=1S/C22H29N5O2/c1-2-17-7-5-6-10-27(17)22(28)19-15-21(24-16-23-19)25-18-8-3-4-9-20(18)26-11-13-29-14-12-26/h3-4,8-9,15-17H,2,5-7,10-14H2,1H3,(H,23,24,25).